The van der Waals surface area contributed by atoms with Crippen LogP contribution in [0.15, 0.2) is 0 Å². The van der Waals surface area contributed by atoms with Gasteiger partial charge in [-0.2, -0.15) is 0 Å². The molecule has 7 unspecified atom stereocenters. The van der Waals surface area contributed by atoms with Crippen molar-refractivity contribution >= 4 is 59.0 Å². The number of nitrogens with two attached hydrogens (primary N) is 1. The van der Waals surface area contributed by atoms with Crippen molar-refractivity contribution < 1.29 is 90.6 Å². The molecular weight excluding hydrogens is 1240 g/mol. The summed E-state index contributed by atoms with van der Waals surface area (Å²) < 4.78 is 52.7. The van der Waals surface area contributed by atoms with Gasteiger partial charge in [0.2, 0.25) is 29.5 Å². The zero-order valence-corrected chi connectivity index (χ0v) is 60.1. The minimum Gasteiger partial charge on any atom is -0.463 e. The number of carbonyl (C=O) groups excluding carboxylic acids is 10. The molecule has 0 aromatic rings. The van der Waals surface area contributed by atoms with Gasteiger partial charge in [0.1, 0.15) is 25.6 Å². The maximum absolute atomic E-state index is 14.2. The van der Waals surface area contributed by atoms with Crippen molar-refractivity contribution in [1.82, 2.24) is 31.5 Å². The van der Waals surface area contributed by atoms with Crippen molar-refractivity contribution in [2.24, 2.45) is 53.1 Å². The van der Waals surface area contributed by atoms with Crippen LogP contribution in [0.25, 0.3) is 0 Å². The van der Waals surface area contributed by atoms with Gasteiger partial charge in [-0.25, -0.2) is 0 Å². The smallest absolute Gasteiger partial charge is 0.302 e. The van der Waals surface area contributed by atoms with E-state index in [1.807, 2.05) is 13.8 Å². The fourth-order valence-corrected chi connectivity index (χ4v) is 12.3. The summed E-state index contributed by atoms with van der Waals surface area (Å²) in [4.78, 5) is 129. The summed E-state index contributed by atoms with van der Waals surface area (Å²) in [7, 11) is 0. The Bertz CT molecular complexity index is 2350. The number of unbranched alkanes of at least 4 members (excludes halogenated alkanes) is 10. The van der Waals surface area contributed by atoms with E-state index in [4.69, 9.17) is 48.4 Å². The normalized spacial score (nSPS) is 26.0. The summed E-state index contributed by atoms with van der Waals surface area (Å²) in [5.41, 5.74) is 5.86. The van der Waals surface area contributed by atoms with Crippen LogP contribution in [0.4, 0.5) is 0 Å². The maximum Gasteiger partial charge on any atom is 0.302 e. The minimum absolute atomic E-state index is 0.0121. The molecule has 0 radical (unpaired) electrons. The fourth-order valence-electron chi connectivity index (χ4n) is 12.3. The van der Waals surface area contributed by atoms with Gasteiger partial charge >= 0.3 is 17.9 Å². The third-order valence-corrected chi connectivity index (χ3v) is 19.4. The summed E-state index contributed by atoms with van der Waals surface area (Å²) in [5, 5.41) is 14.2. The number of rotatable bonds is 49. The highest BCUT2D eigenvalue weighted by atomic mass is 16.7. The monoisotopic (exact) mass is 1370 g/mol. The average molecular weight is 1370 g/mol. The van der Waals surface area contributed by atoms with Crippen LogP contribution in [-0.2, 0) is 90.6 Å². The Hall–Kier alpha value is -5.22. The standard InChI is InChI=1S/C70H123N7O19/c1-45-47(3)60(42-91-54(10)79)94-68(51(45)7)88-36-24-16-13-21-33-72-63(84)30-28-57(82)40-77(41-66(87)75-39-65(86)74-35-23-15-18-26-38-90-70-67(76-53(9)78)50(6)49(5)62(96-70)44-93-56(12)81)58(27-19-20-32-71)59(83)29-31-64(85)73-34-22-14-17-25-37-89-69-52(8)46(2)48(4)61(95-69)43-92-55(11)80/h45-52,58,60-62,67-70H,13-44,71H2,1-12H3,(H,72,84)(H,73,85)(H,74,86)(H,75,87)(H,76,78)/t45-,46-,47+,48+,49+,50-,51?,52?,58?,60?,61?,62?,67?,68+,69+,70+/m0/s1. The number of nitrogens with one attached hydrogen (secondary N) is 5. The third-order valence-electron chi connectivity index (χ3n) is 19.4. The van der Waals surface area contributed by atoms with Crippen LogP contribution in [0, 0.1) is 47.3 Å². The van der Waals surface area contributed by atoms with Crippen LogP contribution < -0.4 is 32.3 Å². The molecule has 16 atom stereocenters. The lowest BCUT2D eigenvalue weighted by Crippen LogP contribution is -2.58. The number of carbonyl (C=O) groups is 10. The van der Waals surface area contributed by atoms with E-state index in [1.165, 1.54) is 32.6 Å². The Balaban J connectivity index is 1.51. The molecule has 552 valence electrons. The molecule has 96 heavy (non-hydrogen) atoms. The van der Waals surface area contributed by atoms with Gasteiger partial charge in [0.25, 0.3) is 0 Å². The molecule has 7 N–H and O–H groups in total. The molecule has 5 amide bonds. The number of ketones is 2. The van der Waals surface area contributed by atoms with Crippen molar-refractivity contribution in [3.8, 4) is 0 Å². The summed E-state index contributed by atoms with van der Waals surface area (Å²) in [6.07, 6.45) is 7.72. The van der Waals surface area contributed by atoms with Gasteiger partial charge in [-0.1, -0.05) is 100 Å². The fraction of sp³-hybridized carbons (Fsp3) is 0.857. The van der Waals surface area contributed by atoms with E-state index < -0.39 is 55.3 Å². The Morgan fingerprint density at radius 2 is 0.823 bits per heavy atom. The Morgan fingerprint density at radius 3 is 1.26 bits per heavy atom. The molecule has 0 aromatic heterocycles. The van der Waals surface area contributed by atoms with E-state index >= 15 is 0 Å². The molecular formula is C70H123N7O19. The highest BCUT2D eigenvalue weighted by Gasteiger charge is 2.44. The topological polar surface area (TPSA) is 343 Å². The molecule has 0 aromatic carbocycles. The lowest BCUT2D eigenvalue weighted by atomic mass is 9.79. The number of esters is 3. The van der Waals surface area contributed by atoms with Gasteiger partial charge in [-0.15, -0.1) is 0 Å². The lowest BCUT2D eigenvalue weighted by molar-refractivity contribution is -0.255. The van der Waals surface area contributed by atoms with Crippen LogP contribution in [0.1, 0.15) is 205 Å². The average Bonchev–Trinajstić information content (AvgIpc) is 0.837. The van der Waals surface area contributed by atoms with Crippen LogP contribution in [0.2, 0.25) is 0 Å². The number of amides is 5. The first-order valence-electron chi connectivity index (χ1n) is 35.8. The minimum atomic E-state index is -0.937. The predicted molar refractivity (Wildman–Crippen MR) is 359 cm³/mol. The molecule has 26 heteroatoms. The summed E-state index contributed by atoms with van der Waals surface area (Å²) >= 11 is 0. The summed E-state index contributed by atoms with van der Waals surface area (Å²) in [6.45, 7) is 24.5. The maximum atomic E-state index is 14.2. The highest BCUT2D eigenvalue weighted by Crippen LogP contribution is 2.38. The first kappa shape index (κ1) is 85.0. The molecule has 3 aliphatic rings. The Kier molecular flexibility index (Phi) is 42.3. The molecule has 3 rings (SSSR count). The number of ether oxygens (including phenoxy) is 9. The number of nitrogens with zero attached hydrogens (tertiary/aromatic N) is 1. The van der Waals surface area contributed by atoms with Crippen molar-refractivity contribution in [1.29, 1.82) is 0 Å². The zero-order chi connectivity index (χ0) is 71.1. The van der Waals surface area contributed by atoms with E-state index in [-0.39, 0.29) is 160 Å². The second-order valence-electron chi connectivity index (χ2n) is 27.0. The third kappa shape index (κ3) is 33.6. The lowest BCUT2D eigenvalue weighted by Gasteiger charge is -2.44. The van der Waals surface area contributed by atoms with Gasteiger partial charge in [0, 0.05) is 105 Å². The highest BCUT2D eigenvalue weighted by molar-refractivity contribution is 5.91. The summed E-state index contributed by atoms with van der Waals surface area (Å²) in [5.74, 6) is -2.29. The number of hydrogen-bond acceptors (Lipinski definition) is 21. The molecule has 26 nitrogen and oxygen atoms in total. The summed E-state index contributed by atoms with van der Waals surface area (Å²) in [6, 6.07) is -1.32. The first-order valence-corrected chi connectivity index (χ1v) is 35.8. The molecule has 3 fully saturated rings. The number of hydrogen-bond donors (Lipinski definition) is 6. The van der Waals surface area contributed by atoms with Gasteiger partial charge in [-0.3, -0.25) is 52.8 Å². The van der Waals surface area contributed by atoms with Crippen LogP contribution in [0.3, 0.4) is 0 Å². The van der Waals surface area contributed by atoms with Crippen molar-refractivity contribution in [2.45, 2.75) is 254 Å². The molecule has 3 aliphatic heterocycles. The van der Waals surface area contributed by atoms with Gasteiger partial charge in [-0.05, 0) is 93.4 Å². The largest absolute Gasteiger partial charge is 0.463 e. The Labute approximate surface area is 571 Å². The van der Waals surface area contributed by atoms with E-state index in [2.05, 4.69) is 68.1 Å². The predicted octanol–water partition coefficient (Wildman–Crippen LogP) is 6.14. The SMILES string of the molecule is CC(=O)NC1[C@H](OCCCCCCNC(=O)CNC(=O)CN(CC(=O)CCC(=O)NCCCCCCO[C@@H]2OC(COC(C)=O)[C@H](C)[C@H](C)C2C)C(CCCCN)C(=O)CCC(=O)NCCCCCCO[C@@H]2OC(COC(C)=O)[C@H](C)[C@H](C)C2C)OC(COC(C)=O)[C@H](C)[C@@H]1C. The quantitative estimate of drug-likeness (QED) is 0.0226. The molecule has 0 spiro atoms. The molecule has 0 saturated carbocycles. The molecule has 0 bridgehead atoms. The molecule has 0 aliphatic carbocycles. The van der Waals surface area contributed by atoms with Gasteiger partial charge in [0.05, 0.1) is 50.0 Å². The van der Waals surface area contributed by atoms with Crippen LogP contribution in [0.5, 0.6) is 0 Å². The van der Waals surface area contributed by atoms with Crippen LogP contribution in [-0.4, -0.2) is 199 Å². The first-order chi connectivity index (χ1) is 45.7. The van der Waals surface area contributed by atoms with Gasteiger partial charge in [0.15, 0.2) is 24.7 Å². The van der Waals surface area contributed by atoms with E-state index in [0.717, 1.165) is 57.8 Å². The van der Waals surface area contributed by atoms with Crippen LogP contribution >= 0.6 is 0 Å². The van der Waals surface area contributed by atoms with Crippen molar-refractivity contribution in [2.75, 3.05) is 85.5 Å². The Morgan fingerprint density at radius 1 is 0.417 bits per heavy atom. The van der Waals surface area contributed by atoms with E-state index in [0.29, 0.717) is 89.9 Å². The number of Topliss-reactive ketones (excluding diaryl/α,β-unsaturated/α-hetero) is 2. The van der Waals surface area contributed by atoms with E-state index in [9.17, 15) is 47.9 Å². The zero-order valence-electron chi connectivity index (χ0n) is 60.1. The van der Waals surface area contributed by atoms with E-state index in [1.54, 1.807) is 0 Å². The van der Waals surface area contributed by atoms with Crippen molar-refractivity contribution in [3.05, 3.63) is 0 Å². The van der Waals surface area contributed by atoms with Crippen molar-refractivity contribution in [3.63, 3.8) is 0 Å². The second-order valence-corrected chi connectivity index (χ2v) is 27.0. The molecule has 3 saturated heterocycles. The molecule has 3 heterocycles. The van der Waals surface area contributed by atoms with Gasteiger partial charge < -0.3 is 74.9 Å². The second kappa shape index (κ2) is 47.7.